The Bertz CT molecular complexity index is 544. The van der Waals surface area contributed by atoms with Gasteiger partial charge in [0, 0.05) is 20.3 Å². The summed E-state index contributed by atoms with van der Waals surface area (Å²) in [6, 6.07) is 5.48. The van der Waals surface area contributed by atoms with Crippen LogP contribution < -0.4 is 5.69 Å². The number of para-hydroxylation sites is 1. The van der Waals surface area contributed by atoms with Crippen LogP contribution in [0.1, 0.15) is 6.42 Å². The van der Waals surface area contributed by atoms with Gasteiger partial charge in [0.2, 0.25) is 0 Å². The SMILES string of the molecule is COCCCn1c(=O)[nH]c2c(Cl)cccc21. The van der Waals surface area contributed by atoms with Crippen molar-refractivity contribution in [1.82, 2.24) is 9.55 Å². The molecule has 86 valence electrons. The van der Waals surface area contributed by atoms with Crippen LogP contribution in [0.15, 0.2) is 23.0 Å². The molecule has 2 aromatic rings. The molecule has 1 heterocycles. The molecule has 0 spiro atoms. The van der Waals surface area contributed by atoms with Crippen LogP contribution >= 0.6 is 11.6 Å². The molecule has 0 aliphatic carbocycles. The third-order valence-electron chi connectivity index (χ3n) is 2.49. The van der Waals surface area contributed by atoms with Crippen molar-refractivity contribution >= 4 is 22.6 Å². The Morgan fingerprint density at radius 1 is 1.50 bits per heavy atom. The molecule has 0 saturated heterocycles. The molecule has 0 amide bonds. The summed E-state index contributed by atoms with van der Waals surface area (Å²) in [6.07, 6.45) is 0.801. The highest BCUT2D eigenvalue weighted by Gasteiger charge is 2.08. The van der Waals surface area contributed by atoms with E-state index >= 15 is 0 Å². The first-order valence-electron chi connectivity index (χ1n) is 5.10. The van der Waals surface area contributed by atoms with E-state index in [4.69, 9.17) is 16.3 Å². The van der Waals surface area contributed by atoms with E-state index in [1.54, 1.807) is 17.7 Å². The second kappa shape index (κ2) is 4.72. The molecule has 5 heteroatoms. The lowest BCUT2D eigenvalue weighted by atomic mass is 10.3. The number of imidazole rings is 1. The summed E-state index contributed by atoms with van der Waals surface area (Å²) in [4.78, 5) is 14.4. The van der Waals surface area contributed by atoms with Gasteiger partial charge in [-0.1, -0.05) is 17.7 Å². The van der Waals surface area contributed by atoms with Crippen LogP contribution in [0.3, 0.4) is 0 Å². The maximum absolute atomic E-state index is 11.7. The van der Waals surface area contributed by atoms with Crippen molar-refractivity contribution in [3.05, 3.63) is 33.7 Å². The van der Waals surface area contributed by atoms with Gasteiger partial charge in [-0.3, -0.25) is 4.57 Å². The summed E-state index contributed by atoms with van der Waals surface area (Å²) in [5, 5.41) is 0.570. The fourth-order valence-corrected chi connectivity index (χ4v) is 1.95. The molecular weight excluding hydrogens is 228 g/mol. The zero-order chi connectivity index (χ0) is 11.5. The Morgan fingerprint density at radius 3 is 3.06 bits per heavy atom. The van der Waals surface area contributed by atoms with E-state index in [1.807, 2.05) is 12.1 Å². The first-order valence-corrected chi connectivity index (χ1v) is 5.48. The van der Waals surface area contributed by atoms with Gasteiger partial charge >= 0.3 is 5.69 Å². The average molecular weight is 241 g/mol. The lowest BCUT2D eigenvalue weighted by molar-refractivity contribution is 0.190. The molecule has 2 rings (SSSR count). The molecule has 0 aliphatic heterocycles. The van der Waals surface area contributed by atoms with Gasteiger partial charge in [0.15, 0.2) is 0 Å². The van der Waals surface area contributed by atoms with Gasteiger partial charge < -0.3 is 9.72 Å². The van der Waals surface area contributed by atoms with Crippen molar-refractivity contribution in [3.8, 4) is 0 Å². The van der Waals surface area contributed by atoms with Crippen LogP contribution in [0, 0.1) is 0 Å². The van der Waals surface area contributed by atoms with Gasteiger partial charge in [-0.05, 0) is 18.6 Å². The summed E-state index contributed by atoms with van der Waals surface area (Å²) in [5.41, 5.74) is 1.42. The number of halogens is 1. The van der Waals surface area contributed by atoms with Gasteiger partial charge in [-0.15, -0.1) is 0 Å². The molecule has 1 N–H and O–H groups in total. The maximum atomic E-state index is 11.7. The largest absolute Gasteiger partial charge is 0.385 e. The second-order valence-corrected chi connectivity index (χ2v) is 3.97. The lowest BCUT2D eigenvalue weighted by Crippen LogP contribution is -2.17. The van der Waals surface area contributed by atoms with Crippen LogP contribution in [-0.2, 0) is 11.3 Å². The number of hydrogen-bond acceptors (Lipinski definition) is 2. The van der Waals surface area contributed by atoms with Crippen LogP contribution in [0.5, 0.6) is 0 Å². The van der Waals surface area contributed by atoms with Crippen LogP contribution in [0.4, 0.5) is 0 Å². The molecule has 4 nitrogen and oxygen atoms in total. The smallest absolute Gasteiger partial charge is 0.326 e. The molecule has 0 atom stereocenters. The first kappa shape index (κ1) is 11.2. The van der Waals surface area contributed by atoms with E-state index in [-0.39, 0.29) is 5.69 Å². The molecule has 1 aromatic heterocycles. The summed E-state index contributed by atoms with van der Waals surface area (Å²) in [7, 11) is 1.65. The van der Waals surface area contributed by atoms with Gasteiger partial charge in [0.25, 0.3) is 0 Å². The Balaban J connectivity index is 2.40. The highest BCUT2D eigenvalue weighted by Crippen LogP contribution is 2.19. The standard InChI is InChI=1S/C11H13ClN2O2/c1-16-7-3-6-14-9-5-2-4-8(12)10(9)13-11(14)15/h2,4-5H,3,6-7H2,1H3,(H,13,15). The monoisotopic (exact) mass is 240 g/mol. The molecule has 0 bridgehead atoms. The number of aromatic nitrogens is 2. The topological polar surface area (TPSA) is 47.0 Å². The molecule has 0 saturated carbocycles. The summed E-state index contributed by atoms with van der Waals surface area (Å²) in [6.45, 7) is 1.27. The number of nitrogens with zero attached hydrogens (tertiary/aromatic N) is 1. The van der Waals surface area contributed by atoms with Crippen molar-refractivity contribution in [2.75, 3.05) is 13.7 Å². The Morgan fingerprint density at radius 2 is 2.31 bits per heavy atom. The van der Waals surface area contributed by atoms with Gasteiger partial charge in [-0.2, -0.15) is 0 Å². The number of benzene rings is 1. The normalized spacial score (nSPS) is 11.1. The molecular formula is C11H13ClN2O2. The number of fused-ring (bicyclic) bond motifs is 1. The highest BCUT2D eigenvalue weighted by molar-refractivity contribution is 6.34. The molecule has 0 radical (unpaired) electrons. The second-order valence-electron chi connectivity index (χ2n) is 3.56. The van der Waals surface area contributed by atoms with Crippen LogP contribution in [-0.4, -0.2) is 23.3 Å². The van der Waals surface area contributed by atoms with Gasteiger partial charge in [0.1, 0.15) is 0 Å². The quantitative estimate of drug-likeness (QED) is 0.832. The molecule has 0 unspecified atom stereocenters. The predicted molar refractivity (Wildman–Crippen MR) is 64.1 cm³/mol. The van der Waals surface area contributed by atoms with E-state index in [2.05, 4.69) is 4.98 Å². The van der Waals surface area contributed by atoms with Gasteiger partial charge in [0.05, 0.1) is 16.1 Å². The maximum Gasteiger partial charge on any atom is 0.326 e. The van der Waals surface area contributed by atoms with Crippen LogP contribution in [0.25, 0.3) is 11.0 Å². The zero-order valence-electron chi connectivity index (χ0n) is 9.00. The predicted octanol–water partition coefficient (Wildman–Crippen LogP) is 2.02. The fraction of sp³-hybridized carbons (Fsp3) is 0.364. The molecule has 16 heavy (non-hydrogen) atoms. The van der Waals surface area contributed by atoms with E-state index in [0.717, 1.165) is 11.9 Å². The van der Waals surface area contributed by atoms with E-state index < -0.39 is 0 Å². The molecule has 0 aliphatic rings. The number of aromatic amines is 1. The molecule has 0 fully saturated rings. The van der Waals surface area contributed by atoms with Gasteiger partial charge in [-0.25, -0.2) is 4.79 Å². The number of hydrogen-bond donors (Lipinski definition) is 1. The number of methoxy groups -OCH3 is 1. The van der Waals surface area contributed by atoms with Crippen molar-refractivity contribution in [1.29, 1.82) is 0 Å². The van der Waals surface area contributed by atoms with Crippen molar-refractivity contribution in [2.45, 2.75) is 13.0 Å². The number of rotatable bonds is 4. The summed E-state index contributed by atoms with van der Waals surface area (Å²) in [5.74, 6) is 0. The Kier molecular flexibility index (Phi) is 3.31. The lowest BCUT2D eigenvalue weighted by Gasteiger charge is -2.02. The Hall–Kier alpha value is -1.26. The number of ether oxygens (including phenoxy) is 1. The highest BCUT2D eigenvalue weighted by atomic mass is 35.5. The third kappa shape index (κ3) is 1.99. The van der Waals surface area contributed by atoms with E-state index in [9.17, 15) is 4.79 Å². The third-order valence-corrected chi connectivity index (χ3v) is 2.80. The first-order chi connectivity index (χ1) is 7.74. The van der Waals surface area contributed by atoms with Crippen molar-refractivity contribution in [2.24, 2.45) is 0 Å². The average Bonchev–Trinajstić information content (AvgIpc) is 2.58. The molecule has 1 aromatic carbocycles. The fourth-order valence-electron chi connectivity index (χ4n) is 1.73. The summed E-state index contributed by atoms with van der Waals surface area (Å²) >= 11 is 6.00. The number of H-pyrrole nitrogens is 1. The van der Waals surface area contributed by atoms with Crippen molar-refractivity contribution < 1.29 is 4.74 Å². The minimum absolute atomic E-state index is 0.126. The van der Waals surface area contributed by atoms with Crippen molar-refractivity contribution in [3.63, 3.8) is 0 Å². The number of nitrogens with one attached hydrogen (secondary N) is 1. The number of aryl methyl sites for hydroxylation is 1. The van der Waals surface area contributed by atoms with E-state index in [1.165, 1.54) is 0 Å². The summed E-state index contributed by atoms with van der Waals surface area (Å²) < 4.78 is 6.64. The minimum Gasteiger partial charge on any atom is -0.385 e. The van der Waals surface area contributed by atoms with Crippen LogP contribution in [0.2, 0.25) is 5.02 Å². The Labute approximate surface area is 97.8 Å². The minimum atomic E-state index is -0.126. The van der Waals surface area contributed by atoms with E-state index in [0.29, 0.717) is 23.7 Å². The zero-order valence-corrected chi connectivity index (χ0v) is 9.75.